The van der Waals surface area contributed by atoms with Crippen LogP contribution < -0.4 is 0 Å². The molecule has 88 valence electrons. The first-order chi connectivity index (χ1) is 7.94. The molecule has 0 atom stereocenters. The first kappa shape index (κ1) is 11.3. The number of halogens is 3. The minimum absolute atomic E-state index is 0.162. The predicted octanol–water partition coefficient (Wildman–Crippen LogP) is 3.39. The topological polar surface area (TPSA) is 53.3 Å². The van der Waals surface area contributed by atoms with E-state index in [0.29, 0.717) is 4.57 Å². The number of fused-ring (bicyclic) bond motifs is 1. The normalized spacial score (nSPS) is 11.6. The van der Waals surface area contributed by atoms with Crippen molar-refractivity contribution in [3.05, 3.63) is 29.2 Å². The van der Waals surface area contributed by atoms with E-state index in [9.17, 15) is 18.3 Å². The molecule has 0 saturated carbocycles. The van der Waals surface area contributed by atoms with Crippen LogP contribution in [0.1, 0.15) is 0 Å². The maximum atomic E-state index is 12.3. The van der Waals surface area contributed by atoms with Crippen LogP contribution in [0.25, 0.3) is 15.9 Å². The lowest BCUT2D eigenvalue weighted by Crippen LogP contribution is -2.17. The fourth-order valence-corrected chi connectivity index (χ4v) is 1.71. The summed E-state index contributed by atoms with van der Waals surface area (Å²) in [7, 11) is 0. The molecular formula is C10H7F3N3O+. The van der Waals surface area contributed by atoms with Crippen molar-refractivity contribution in [2.45, 2.75) is 12.7 Å². The minimum Gasteiger partial charge on any atom is -0.489 e. The highest BCUT2D eigenvalue weighted by atomic mass is 19.4. The smallest absolute Gasteiger partial charge is 0.453 e. The fourth-order valence-electron chi connectivity index (χ4n) is 1.71. The van der Waals surface area contributed by atoms with Gasteiger partial charge in [0.2, 0.25) is 5.39 Å². The van der Waals surface area contributed by atoms with Crippen LogP contribution in [-0.4, -0.2) is 15.8 Å². The lowest BCUT2D eigenvalue weighted by Gasteiger charge is -2.08. The number of hydrogen-bond donors (Lipinski definition) is 1. The van der Waals surface area contributed by atoms with Gasteiger partial charge in [0.1, 0.15) is 6.54 Å². The number of rotatable bonds is 1. The quantitative estimate of drug-likeness (QED) is 0.779. The van der Waals surface area contributed by atoms with Gasteiger partial charge in [-0.1, -0.05) is 12.1 Å². The average molecular weight is 242 g/mol. The molecule has 1 aromatic carbocycles. The van der Waals surface area contributed by atoms with E-state index in [-0.39, 0.29) is 16.6 Å². The monoisotopic (exact) mass is 242 g/mol. The molecule has 4 nitrogen and oxygen atoms in total. The highest BCUT2D eigenvalue weighted by Gasteiger charge is 2.34. The molecule has 0 spiro atoms. The van der Waals surface area contributed by atoms with Gasteiger partial charge in [0, 0.05) is 0 Å². The molecule has 1 heterocycles. The Morgan fingerprint density at radius 3 is 2.53 bits per heavy atom. The highest BCUT2D eigenvalue weighted by molar-refractivity contribution is 5.97. The van der Waals surface area contributed by atoms with Gasteiger partial charge in [-0.2, -0.15) is 13.2 Å². The van der Waals surface area contributed by atoms with Crippen molar-refractivity contribution in [3.8, 4) is 5.88 Å². The maximum Gasteiger partial charge on any atom is 0.453 e. The Balaban J connectivity index is 2.71. The van der Waals surface area contributed by atoms with Gasteiger partial charge in [0.25, 0.3) is 5.88 Å². The van der Waals surface area contributed by atoms with Crippen molar-refractivity contribution >= 4 is 16.6 Å². The summed E-state index contributed by atoms with van der Waals surface area (Å²) in [6, 6.07) is 6.00. The van der Waals surface area contributed by atoms with Gasteiger partial charge in [-0.25, -0.2) is 0 Å². The summed E-state index contributed by atoms with van der Waals surface area (Å²) >= 11 is 0. The zero-order chi connectivity index (χ0) is 12.6. The van der Waals surface area contributed by atoms with E-state index in [1.807, 2.05) is 0 Å². The number of para-hydroxylation sites is 1. The number of aromatic hydroxyl groups is 1. The van der Waals surface area contributed by atoms with Gasteiger partial charge in [-0.05, 0) is 12.1 Å². The van der Waals surface area contributed by atoms with Crippen molar-refractivity contribution in [3.63, 3.8) is 0 Å². The Morgan fingerprint density at radius 2 is 1.94 bits per heavy atom. The number of diazo groups is 1. The third kappa shape index (κ3) is 1.89. The Morgan fingerprint density at radius 1 is 1.29 bits per heavy atom. The third-order valence-corrected chi connectivity index (χ3v) is 2.35. The van der Waals surface area contributed by atoms with Crippen LogP contribution >= 0.6 is 0 Å². The average Bonchev–Trinajstić information content (AvgIpc) is 2.50. The third-order valence-electron chi connectivity index (χ3n) is 2.35. The van der Waals surface area contributed by atoms with Gasteiger partial charge in [0.15, 0.2) is 4.98 Å². The first-order valence-corrected chi connectivity index (χ1v) is 4.66. The second kappa shape index (κ2) is 3.66. The standard InChI is InChI=1S/C10H6F3N3O/c11-10(12,13)5-16-7-4-2-1-3-6(7)8(15-14)9(16)17/h1-4H,5H2/p+1. The Labute approximate surface area is 93.5 Å². The van der Waals surface area contributed by atoms with Crippen LogP contribution in [-0.2, 0) is 6.54 Å². The molecule has 0 bridgehead atoms. The molecule has 0 fully saturated rings. The number of alkyl halides is 3. The van der Waals surface area contributed by atoms with E-state index in [0.717, 1.165) is 0 Å². The zero-order valence-corrected chi connectivity index (χ0v) is 8.44. The summed E-state index contributed by atoms with van der Waals surface area (Å²) in [6.07, 6.45) is -4.47. The fraction of sp³-hybridized carbons (Fsp3) is 0.200. The van der Waals surface area contributed by atoms with Gasteiger partial charge >= 0.3 is 11.9 Å². The first-order valence-electron chi connectivity index (χ1n) is 4.66. The van der Waals surface area contributed by atoms with Crippen molar-refractivity contribution < 1.29 is 18.3 Å². The molecule has 1 N–H and O–H groups in total. The molecule has 2 rings (SSSR count). The molecule has 0 saturated heterocycles. The largest absolute Gasteiger partial charge is 0.489 e. The van der Waals surface area contributed by atoms with Crippen LogP contribution in [0.4, 0.5) is 18.9 Å². The van der Waals surface area contributed by atoms with E-state index in [2.05, 4.69) is 4.98 Å². The molecule has 0 radical (unpaired) electrons. The van der Waals surface area contributed by atoms with E-state index >= 15 is 0 Å². The van der Waals surface area contributed by atoms with E-state index in [1.54, 1.807) is 6.07 Å². The van der Waals surface area contributed by atoms with Crippen molar-refractivity contribution in [2.75, 3.05) is 0 Å². The second-order valence-electron chi connectivity index (χ2n) is 3.49. The van der Waals surface area contributed by atoms with Crippen molar-refractivity contribution in [1.82, 2.24) is 4.57 Å². The molecule has 0 amide bonds. The second-order valence-corrected chi connectivity index (χ2v) is 3.49. The molecule has 17 heavy (non-hydrogen) atoms. The molecule has 0 unspecified atom stereocenters. The molecule has 0 aliphatic carbocycles. The summed E-state index contributed by atoms with van der Waals surface area (Å²) in [4.78, 5) is 2.81. The molecule has 1 aromatic heterocycles. The zero-order valence-electron chi connectivity index (χ0n) is 8.44. The lowest BCUT2D eigenvalue weighted by molar-refractivity contribution is -0.140. The van der Waals surface area contributed by atoms with Gasteiger partial charge in [-0.15, -0.1) is 0 Å². The molecule has 0 aliphatic heterocycles. The minimum atomic E-state index is -4.47. The summed E-state index contributed by atoms with van der Waals surface area (Å²) in [5.74, 6) is -0.703. The van der Waals surface area contributed by atoms with Gasteiger partial charge < -0.3 is 5.11 Å². The highest BCUT2D eigenvalue weighted by Crippen LogP contribution is 2.39. The van der Waals surface area contributed by atoms with Crippen LogP contribution in [0.3, 0.4) is 0 Å². The van der Waals surface area contributed by atoms with E-state index in [4.69, 9.17) is 5.39 Å². The summed E-state index contributed by atoms with van der Waals surface area (Å²) in [6.45, 7) is -1.34. The maximum absolute atomic E-state index is 12.3. The van der Waals surface area contributed by atoms with E-state index in [1.165, 1.54) is 18.2 Å². The lowest BCUT2D eigenvalue weighted by atomic mass is 10.2. The number of nitrogens with zero attached hydrogens (tertiary/aromatic N) is 3. The molecule has 7 heteroatoms. The number of hydrogen-bond acceptors (Lipinski definition) is 2. The Kier molecular flexibility index (Phi) is 2.42. The van der Waals surface area contributed by atoms with Gasteiger partial charge in [-0.3, -0.25) is 4.57 Å². The van der Waals surface area contributed by atoms with Gasteiger partial charge in [0.05, 0.1) is 10.9 Å². The predicted molar refractivity (Wildman–Crippen MR) is 54.4 cm³/mol. The molecule has 2 aromatic rings. The van der Waals surface area contributed by atoms with Crippen molar-refractivity contribution in [1.29, 1.82) is 5.39 Å². The molecule has 0 aliphatic rings. The van der Waals surface area contributed by atoms with E-state index < -0.39 is 18.6 Å². The summed E-state index contributed by atoms with van der Waals surface area (Å²) in [5, 5.41) is 18.5. The van der Waals surface area contributed by atoms with Crippen LogP contribution in [0.15, 0.2) is 24.3 Å². The van der Waals surface area contributed by atoms with Crippen LogP contribution in [0, 0.1) is 5.39 Å². The summed E-state index contributed by atoms with van der Waals surface area (Å²) in [5.41, 5.74) is -0.0972. The van der Waals surface area contributed by atoms with Crippen LogP contribution in [0.2, 0.25) is 0 Å². The number of benzene rings is 1. The van der Waals surface area contributed by atoms with Crippen molar-refractivity contribution in [2.24, 2.45) is 0 Å². The molecular weight excluding hydrogens is 235 g/mol. The number of aromatic nitrogens is 1. The summed E-state index contributed by atoms with van der Waals surface area (Å²) < 4.78 is 37.7. The Bertz CT molecular complexity index is 610. The Hall–Kier alpha value is -2.23. The van der Waals surface area contributed by atoms with Crippen LogP contribution in [0.5, 0.6) is 5.88 Å². The SMILES string of the molecule is N#[N+]c1c(O)n(CC(F)(F)F)c2ccccc12.